The number of morpholine rings is 1. The maximum absolute atomic E-state index is 14.0. The lowest BCUT2D eigenvalue weighted by molar-refractivity contribution is -0.111. The molecule has 2 N–H and O–H groups in total. The van der Waals surface area contributed by atoms with Crippen LogP contribution < -0.4 is 25.3 Å². The van der Waals surface area contributed by atoms with E-state index in [1.165, 1.54) is 18.5 Å². The molecule has 0 aliphatic carbocycles. The number of nitrogens with zero attached hydrogens (tertiary/aromatic N) is 5. The molecule has 1 amide bonds. The van der Waals surface area contributed by atoms with Gasteiger partial charge in [0.05, 0.1) is 50.0 Å². The number of hydroxylamine groups is 1. The van der Waals surface area contributed by atoms with E-state index in [1.807, 2.05) is 12.1 Å². The summed E-state index contributed by atoms with van der Waals surface area (Å²) in [4.78, 5) is 31.8. The first-order valence-electron chi connectivity index (χ1n) is 15.1. The van der Waals surface area contributed by atoms with Crippen LogP contribution in [0.5, 0.6) is 5.75 Å². The number of ether oxygens (including phenoxy) is 2. The summed E-state index contributed by atoms with van der Waals surface area (Å²) in [5.74, 6) is -0.695. The summed E-state index contributed by atoms with van der Waals surface area (Å²) < 4.78 is 38.9. The Balaban J connectivity index is 1.24. The molecule has 13 heteroatoms. The second kappa shape index (κ2) is 13.8. The Morgan fingerprint density at radius 1 is 1.00 bits per heavy atom. The smallest absolute Gasteiger partial charge is 0.247 e. The number of carbonyl (C=O) groups is 1. The molecular formula is C32H37F2N7O4. The molecule has 3 aliphatic rings. The first kappa shape index (κ1) is 30.7. The monoisotopic (exact) mass is 621 g/mol. The van der Waals surface area contributed by atoms with Gasteiger partial charge in [-0.2, -0.15) is 0 Å². The SMILES string of the molecule is C=CC(=O)Nc1cc(Nc2cc(N3OCCC3c3ccc(F)c(F)c3)ncn2)c(OC)cc1N1CCC(N2CCOCC2)CC1. The topological polar surface area (TPSA) is 104 Å². The maximum atomic E-state index is 14.0. The molecule has 3 fully saturated rings. The minimum atomic E-state index is -0.916. The molecular weight excluding hydrogens is 584 g/mol. The van der Waals surface area contributed by atoms with Gasteiger partial charge in [-0.15, -0.1) is 0 Å². The van der Waals surface area contributed by atoms with Crippen molar-refractivity contribution in [2.24, 2.45) is 0 Å². The third-order valence-electron chi connectivity index (χ3n) is 8.50. The van der Waals surface area contributed by atoms with Crippen LogP contribution in [0.1, 0.15) is 30.9 Å². The van der Waals surface area contributed by atoms with E-state index in [1.54, 1.807) is 24.3 Å². The van der Waals surface area contributed by atoms with Gasteiger partial charge >= 0.3 is 0 Å². The number of nitrogens with one attached hydrogen (secondary N) is 2. The van der Waals surface area contributed by atoms with E-state index in [0.29, 0.717) is 53.4 Å². The Morgan fingerprint density at radius 2 is 1.80 bits per heavy atom. The lowest BCUT2D eigenvalue weighted by Crippen LogP contribution is -2.49. The number of halogens is 2. The van der Waals surface area contributed by atoms with Gasteiger partial charge in [-0.25, -0.2) is 23.8 Å². The number of rotatable bonds is 9. The van der Waals surface area contributed by atoms with Crippen molar-refractivity contribution in [2.45, 2.75) is 31.3 Å². The van der Waals surface area contributed by atoms with Gasteiger partial charge < -0.3 is 25.0 Å². The minimum absolute atomic E-state index is 0.325. The highest BCUT2D eigenvalue weighted by Crippen LogP contribution is 2.40. The number of anilines is 5. The summed E-state index contributed by atoms with van der Waals surface area (Å²) >= 11 is 0. The van der Waals surface area contributed by atoms with Gasteiger partial charge in [0, 0.05) is 50.8 Å². The summed E-state index contributed by atoms with van der Waals surface area (Å²) in [6.07, 6.45) is 5.21. The Bertz CT molecular complexity index is 1530. The van der Waals surface area contributed by atoms with Crippen LogP contribution in [0.3, 0.4) is 0 Å². The number of hydrogen-bond acceptors (Lipinski definition) is 10. The third kappa shape index (κ3) is 6.85. The molecule has 11 nitrogen and oxygen atoms in total. The molecule has 3 aromatic rings. The maximum Gasteiger partial charge on any atom is 0.247 e. The average Bonchev–Trinajstić information content (AvgIpc) is 3.57. The molecule has 1 aromatic heterocycles. The molecule has 3 saturated heterocycles. The number of aromatic nitrogens is 2. The number of hydrogen-bond donors (Lipinski definition) is 2. The average molecular weight is 622 g/mol. The Kier molecular flexibility index (Phi) is 9.38. The number of benzene rings is 2. The largest absolute Gasteiger partial charge is 0.494 e. The van der Waals surface area contributed by atoms with Crippen LogP contribution in [0.4, 0.5) is 37.5 Å². The van der Waals surface area contributed by atoms with E-state index in [4.69, 9.17) is 14.3 Å². The van der Waals surface area contributed by atoms with Crippen molar-refractivity contribution in [1.29, 1.82) is 0 Å². The summed E-state index contributed by atoms with van der Waals surface area (Å²) in [5.41, 5.74) is 2.63. The highest BCUT2D eigenvalue weighted by Gasteiger charge is 2.31. The van der Waals surface area contributed by atoms with Crippen molar-refractivity contribution >= 4 is 34.6 Å². The van der Waals surface area contributed by atoms with Gasteiger partial charge in [-0.05, 0) is 42.7 Å². The van der Waals surface area contributed by atoms with E-state index < -0.39 is 11.6 Å². The van der Waals surface area contributed by atoms with Crippen molar-refractivity contribution in [3.05, 3.63) is 72.6 Å². The van der Waals surface area contributed by atoms with Crippen molar-refractivity contribution in [3.63, 3.8) is 0 Å². The fourth-order valence-electron chi connectivity index (χ4n) is 6.19. The number of amides is 1. The zero-order chi connectivity index (χ0) is 31.3. The molecule has 0 saturated carbocycles. The molecule has 0 spiro atoms. The fraction of sp³-hybridized carbons (Fsp3) is 0.406. The van der Waals surface area contributed by atoms with E-state index in [0.717, 1.165) is 64.0 Å². The molecule has 3 aliphatic heterocycles. The standard InChI is InChI=1S/C32H37F2N7O4/c1-3-32(42)38-25-17-26(29(43-2)18-28(25)40-9-6-22(7-10-40)39-11-14-44-15-12-39)37-30-19-31(36-20-35-30)41-27(8-13-45-41)21-4-5-23(33)24(34)16-21/h3-5,16-20,22,27H,1,6-15H2,2H3,(H,38,42)(H,35,36,37). The van der Waals surface area contributed by atoms with Crippen LogP contribution >= 0.6 is 0 Å². The first-order valence-corrected chi connectivity index (χ1v) is 15.1. The van der Waals surface area contributed by atoms with Gasteiger partial charge in [0.2, 0.25) is 5.91 Å². The highest BCUT2D eigenvalue weighted by atomic mass is 19.2. The number of piperidine rings is 1. The lowest BCUT2D eigenvalue weighted by Gasteiger charge is -2.41. The van der Waals surface area contributed by atoms with Crippen molar-refractivity contribution in [3.8, 4) is 5.75 Å². The molecule has 1 unspecified atom stereocenters. The lowest BCUT2D eigenvalue weighted by atomic mass is 10.0. The second-order valence-corrected chi connectivity index (χ2v) is 11.2. The van der Waals surface area contributed by atoms with Gasteiger partial charge in [-0.1, -0.05) is 12.6 Å². The minimum Gasteiger partial charge on any atom is -0.494 e. The van der Waals surface area contributed by atoms with Crippen molar-refractivity contribution < 1.29 is 27.9 Å². The van der Waals surface area contributed by atoms with Crippen LogP contribution in [0.15, 0.2) is 55.4 Å². The Morgan fingerprint density at radius 3 is 2.53 bits per heavy atom. The molecule has 1 atom stereocenters. The van der Waals surface area contributed by atoms with Crippen LogP contribution in [0.2, 0.25) is 0 Å². The molecule has 0 radical (unpaired) electrons. The summed E-state index contributed by atoms with van der Waals surface area (Å²) in [5, 5.41) is 7.83. The normalized spacial score (nSPS) is 19.4. The van der Waals surface area contributed by atoms with Crippen molar-refractivity contribution in [1.82, 2.24) is 14.9 Å². The van der Waals surface area contributed by atoms with Crippen LogP contribution in [-0.4, -0.2) is 79.9 Å². The predicted molar refractivity (Wildman–Crippen MR) is 167 cm³/mol. The fourth-order valence-corrected chi connectivity index (χ4v) is 6.19. The van der Waals surface area contributed by atoms with Crippen LogP contribution in [0.25, 0.3) is 0 Å². The quantitative estimate of drug-likeness (QED) is 0.324. The zero-order valence-corrected chi connectivity index (χ0v) is 25.2. The van der Waals surface area contributed by atoms with E-state index >= 15 is 0 Å². The molecule has 45 heavy (non-hydrogen) atoms. The number of carbonyl (C=O) groups excluding carboxylic acids is 1. The Hall–Kier alpha value is -4.33. The summed E-state index contributed by atoms with van der Waals surface area (Å²) in [6, 6.07) is 9.42. The third-order valence-corrected chi connectivity index (χ3v) is 8.50. The van der Waals surface area contributed by atoms with E-state index in [9.17, 15) is 13.6 Å². The Labute approximate surface area is 260 Å². The second-order valence-electron chi connectivity index (χ2n) is 11.2. The van der Waals surface area contributed by atoms with Gasteiger partial charge in [0.25, 0.3) is 0 Å². The highest BCUT2D eigenvalue weighted by molar-refractivity contribution is 6.02. The van der Waals surface area contributed by atoms with Gasteiger partial charge in [0.15, 0.2) is 17.5 Å². The molecule has 2 aromatic carbocycles. The molecule has 0 bridgehead atoms. The van der Waals surface area contributed by atoms with E-state index in [-0.39, 0.29) is 11.9 Å². The predicted octanol–water partition coefficient (Wildman–Crippen LogP) is 4.82. The van der Waals surface area contributed by atoms with Crippen LogP contribution in [0, 0.1) is 11.6 Å². The van der Waals surface area contributed by atoms with Crippen molar-refractivity contribution in [2.75, 3.05) is 73.7 Å². The molecule has 238 valence electrons. The summed E-state index contributed by atoms with van der Waals surface area (Å²) in [6.45, 7) is 9.14. The summed E-state index contributed by atoms with van der Waals surface area (Å²) in [7, 11) is 1.59. The van der Waals surface area contributed by atoms with Crippen LogP contribution in [-0.2, 0) is 14.4 Å². The molecule has 4 heterocycles. The first-order chi connectivity index (χ1) is 21.9. The zero-order valence-electron chi connectivity index (χ0n) is 25.2. The van der Waals surface area contributed by atoms with E-state index in [2.05, 4.69) is 37.0 Å². The number of methoxy groups -OCH3 is 1. The van der Waals surface area contributed by atoms with Gasteiger partial charge in [-0.3, -0.25) is 14.5 Å². The van der Waals surface area contributed by atoms with Gasteiger partial charge in [0.1, 0.15) is 17.9 Å². The molecule has 6 rings (SSSR count).